The number of hydrogen-bond acceptors (Lipinski definition) is 8. The van der Waals surface area contributed by atoms with Crippen LogP contribution < -0.4 is 26.8 Å². The van der Waals surface area contributed by atoms with E-state index in [2.05, 4.69) is 20.6 Å². The van der Waals surface area contributed by atoms with E-state index in [0.717, 1.165) is 0 Å². The Morgan fingerprint density at radius 1 is 1.21 bits per heavy atom. The van der Waals surface area contributed by atoms with Crippen LogP contribution in [0, 0.1) is 16.0 Å². The summed E-state index contributed by atoms with van der Waals surface area (Å²) in [6, 6.07) is 5.58. The summed E-state index contributed by atoms with van der Waals surface area (Å²) in [5.41, 5.74) is 4.37. The maximum Gasteiger partial charge on any atom is 0.292 e. The molecule has 1 fully saturated rings. The number of carbonyl (C=O) groups is 3. The Morgan fingerprint density at radius 3 is 2.58 bits per heavy atom. The number of rotatable bonds is 5. The van der Waals surface area contributed by atoms with Crippen molar-refractivity contribution < 1.29 is 19.3 Å². The van der Waals surface area contributed by atoms with Gasteiger partial charge in [0.15, 0.2) is 0 Å². The van der Waals surface area contributed by atoms with Crippen LogP contribution in [0.25, 0.3) is 0 Å². The summed E-state index contributed by atoms with van der Waals surface area (Å²) in [7, 11) is 0. The van der Waals surface area contributed by atoms with Gasteiger partial charge in [-0.25, -0.2) is 0 Å². The second-order valence-corrected chi connectivity index (χ2v) is 7.88. The zero-order chi connectivity index (χ0) is 23.7. The molecule has 3 amide bonds. The molecule has 0 aliphatic carbocycles. The number of fused-ring (bicyclic) bond motifs is 1. The van der Waals surface area contributed by atoms with Crippen LogP contribution in [0.3, 0.4) is 0 Å². The molecule has 1 unspecified atom stereocenters. The molecule has 33 heavy (non-hydrogen) atoms. The molecule has 1 aromatic carbocycles. The average molecular weight is 455 g/mol. The van der Waals surface area contributed by atoms with Gasteiger partial charge in [0.05, 0.1) is 16.4 Å². The zero-order valence-corrected chi connectivity index (χ0v) is 17.4. The van der Waals surface area contributed by atoms with Gasteiger partial charge in [-0.2, -0.15) is 4.98 Å². The van der Waals surface area contributed by atoms with E-state index >= 15 is 0 Å². The lowest BCUT2D eigenvalue weighted by Gasteiger charge is -2.32. The van der Waals surface area contributed by atoms with Gasteiger partial charge in [0.2, 0.25) is 23.7 Å². The number of amides is 3. The number of benzene rings is 1. The predicted molar refractivity (Wildman–Crippen MR) is 117 cm³/mol. The first-order valence-corrected chi connectivity index (χ1v) is 10.3. The molecule has 2 aliphatic heterocycles. The number of nitrogens with one attached hydrogen (secondary N) is 3. The number of aromatic nitrogens is 2. The minimum Gasteiger partial charge on any atom is -0.369 e. The second-order valence-electron chi connectivity index (χ2n) is 7.88. The molecule has 4 rings (SSSR count). The third-order valence-electron chi connectivity index (χ3n) is 5.81. The minimum absolute atomic E-state index is 0.0264. The summed E-state index contributed by atoms with van der Waals surface area (Å²) in [6.07, 6.45) is 0.695. The van der Waals surface area contributed by atoms with E-state index in [1.165, 1.54) is 24.3 Å². The van der Waals surface area contributed by atoms with Gasteiger partial charge in [-0.1, -0.05) is 12.1 Å². The lowest BCUT2D eigenvalue weighted by atomic mass is 9.92. The Bertz CT molecular complexity index is 1200. The lowest BCUT2D eigenvalue weighted by molar-refractivity contribution is -0.383. The number of carbonyl (C=O) groups excluding carboxylic acids is 3. The maximum atomic E-state index is 12.9. The second kappa shape index (κ2) is 8.68. The highest BCUT2D eigenvalue weighted by molar-refractivity contribution is 6.05. The van der Waals surface area contributed by atoms with Crippen molar-refractivity contribution in [1.82, 2.24) is 9.97 Å². The fraction of sp³-hybridized carbons (Fsp3) is 0.350. The highest BCUT2D eigenvalue weighted by Crippen LogP contribution is 2.32. The van der Waals surface area contributed by atoms with Crippen molar-refractivity contribution in [3.63, 3.8) is 0 Å². The molecule has 0 saturated carbocycles. The molecular weight excluding hydrogens is 434 g/mol. The molecule has 3 heterocycles. The van der Waals surface area contributed by atoms with Crippen LogP contribution in [0.4, 0.5) is 23.1 Å². The van der Waals surface area contributed by atoms with Crippen molar-refractivity contribution in [2.75, 3.05) is 28.6 Å². The number of H-pyrrole nitrogens is 1. The normalized spacial score (nSPS) is 18.2. The number of aromatic amines is 1. The highest BCUT2D eigenvalue weighted by Gasteiger charge is 2.36. The summed E-state index contributed by atoms with van der Waals surface area (Å²) >= 11 is 0. The summed E-state index contributed by atoms with van der Waals surface area (Å²) < 4.78 is 0. The molecule has 0 bridgehead atoms. The number of nitrogens with zero attached hydrogens (tertiary/aromatic N) is 3. The number of para-hydroxylation sites is 2. The lowest BCUT2D eigenvalue weighted by Crippen LogP contribution is -2.41. The number of anilines is 3. The minimum atomic E-state index is -1.18. The van der Waals surface area contributed by atoms with Gasteiger partial charge in [0.1, 0.15) is 11.5 Å². The van der Waals surface area contributed by atoms with Gasteiger partial charge >= 0.3 is 0 Å². The van der Waals surface area contributed by atoms with Crippen molar-refractivity contribution in [3.05, 3.63) is 50.3 Å². The average Bonchev–Trinajstić information content (AvgIpc) is 2.78. The monoisotopic (exact) mass is 455 g/mol. The first-order valence-electron chi connectivity index (χ1n) is 10.3. The van der Waals surface area contributed by atoms with Crippen LogP contribution in [0.1, 0.15) is 30.7 Å². The molecule has 1 aromatic heterocycles. The van der Waals surface area contributed by atoms with Crippen LogP contribution >= 0.6 is 0 Å². The SMILES string of the molecule is NC(=O)C1CCN(c2nc3c(c(=O)[nH]2)C(C(=O)Nc2ccccc2[N+](=O)[O-])CC(=O)N3)CC1. The molecule has 1 atom stereocenters. The van der Waals surface area contributed by atoms with Crippen LogP contribution in [0.2, 0.25) is 0 Å². The van der Waals surface area contributed by atoms with E-state index < -0.39 is 28.2 Å². The fourth-order valence-corrected chi connectivity index (χ4v) is 4.07. The van der Waals surface area contributed by atoms with Gasteiger partial charge in [0.25, 0.3) is 11.2 Å². The molecule has 0 radical (unpaired) electrons. The number of nitro benzene ring substituents is 1. The zero-order valence-electron chi connectivity index (χ0n) is 17.4. The molecule has 2 aromatic rings. The van der Waals surface area contributed by atoms with Crippen molar-refractivity contribution in [2.45, 2.75) is 25.2 Å². The van der Waals surface area contributed by atoms with Crippen molar-refractivity contribution >= 4 is 40.9 Å². The third kappa shape index (κ3) is 4.37. The first kappa shape index (κ1) is 21.9. The third-order valence-corrected chi connectivity index (χ3v) is 5.81. The van der Waals surface area contributed by atoms with Gasteiger partial charge in [0, 0.05) is 31.5 Å². The smallest absolute Gasteiger partial charge is 0.292 e. The Hall–Kier alpha value is -4.29. The van der Waals surface area contributed by atoms with Crippen molar-refractivity contribution in [1.29, 1.82) is 0 Å². The maximum absolute atomic E-state index is 12.9. The molecule has 1 saturated heterocycles. The summed E-state index contributed by atoms with van der Waals surface area (Å²) in [5, 5.41) is 16.2. The number of nitrogens with two attached hydrogens (primary N) is 1. The van der Waals surface area contributed by atoms with Gasteiger partial charge in [-0.3, -0.25) is 34.3 Å². The van der Waals surface area contributed by atoms with Crippen LogP contribution in [-0.2, 0) is 14.4 Å². The van der Waals surface area contributed by atoms with E-state index in [-0.39, 0.29) is 47.0 Å². The molecule has 0 spiro atoms. The summed E-state index contributed by atoms with van der Waals surface area (Å²) in [4.78, 5) is 68.8. The molecule has 13 nitrogen and oxygen atoms in total. The van der Waals surface area contributed by atoms with Gasteiger partial charge < -0.3 is 21.3 Å². The Morgan fingerprint density at radius 2 is 1.91 bits per heavy atom. The Labute approximate surface area is 186 Å². The highest BCUT2D eigenvalue weighted by atomic mass is 16.6. The molecule has 2 aliphatic rings. The standard InChI is InChI=1S/C20H21N7O6/c21-16(29)10-5-7-26(8-6-10)20-24-17-15(19(31)25-20)11(9-14(28)23-17)18(30)22-12-3-1-2-4-13(12)27(32)33/h1-4,10-11H,5-9H2,(H2,21,29)(H,22,30)(H2,23,24,25,28,31). The first-order chi connectivity index (χ1) is 15.7. The molecule has 13 heteroatoms. The summed E-state index contributed by atoms with van der Waals surface area (Å²) in [5.74, 6) is -2.88. The van der Waals surface area contributed by atoms with Crippen LogP contribution in [0.15, 0.2) is 29.1 Å². The Balaban J connectivity index is 1.61. The molecule has 172 valence electrons. The fourth-order valence-electron chi connectivity index (χ4n) is 4.07. The number of nitro groups is 1. The Kier molecular flexibility index (Phi) is 5.77. The largest absolute Gasteiger partial charge is 0.369 e. The number of primary amides is 1. The quantitative estimate of drug-likeness (QED) is 0.368. The number of hydrogen-bond donors (Lipinski definition) is 4. The van der Waals surface area contributed by atoms with E-state index in [4.69, 9.17) is 5.73 Å². The topological polar surface area (TPSA) is 193 Å². The van der Waals surface area contributed by atoms with E-state index in [1.54, 1.807) is 4.90 Å². The van der Waals surface area contributed by atoms with Crippen molar-refractivity contribution in [2.24, 2.45) is 11.7 Å². The van der Waals surface area contributed by atoms with Crippen LogP contribution in [0.5, 0.6) is 0 Å². The summed E-state index contributed by atoms with van der Waals surface area (Å²) in [6.45, 7) is 0.871. The number of piperidine rings is 1. The van der Waals surface area contributed by atoms with Gasteiger partial charge in [-0.15, -0.1) is 0 Å². The van der Waals surface area contributed by atoms with Crippen molar-refractivity contribution in [3.8, 4) is 0 Å². The predicted octanol–water partition coefficient (Wildman–Crippen LogP) is 0.444. The van der Waals surface area contributed by atoms with E-state index in [1.807, 2.05) is 0 Å². The van der Waals surface area contributed by atoms with Crippen LogP contribution in [-0.4, -0.2) is 45.7 Å². The molecular formula is C20H21N7O6. The van der Waals surface area contributed by atoms with E-state index in [9.17, 15) is 29.3 Å². The van der Waals surface area contributed by atoms with E-state index in [0.29, 0.717) is 25.9 Å². The van der Waals surface area contributed by atoms with Gasteiger partial charge in [-0.05, 0) is 18.9 Å². The molecule has 5 N–H and O–H groups in total.